The highest BCUT2D eigenvalue weighted by Crippen LogP contribution is 2.39. The number of esters is 1. The van der Waals surface area contributed by atoms with Crippen molar-refractivity contribution in [2.24, 2.45) is 0 Å². The Morgan fingerprint density at radius 1 is 1.39 bits per heavy atom. The highest BCUT2D eigenvalue weighted by molar-refractivity contribution is 7.99. The van der Waals surface area contributed by atoms with Gasteiger partial charge in [0, 0.05) is 16.0 Å². The number of nitrogens with zero attached hydrogens (tertiary/aromatic N) is 1. The van der Waals surface area contributed by atoms with Gasteiger partial charge >= 0.3 is 5.97 Å². The number of nitrogens with one attached hydrogen (secondary N) is 1. The molecule has 0 aliphatic carbocycles. The number of aromatic nitrogens is 1. The monoisotopic (exact) mass is 348 g/mol. The Balaban J connectivity index is 1.63. The van der Waals surface area contributed by atoms with E-state index in [4.69, 9.17) is 4.74 Å². The molecule has 0 bridgehead atoms. The molecule has 2 heterocycles. The van der Waals surface area contributed by atoms with Crippen LogP contribution in [0.15, 0.2) is 34.5 Å². The zero-order valence-electron chi connectivity index (χ0n) is 12.6. The largest absolute Gasteiger partial charge is 0.466 e. The molecule has 120 valence electrons. The number of thiazole rings is 1. The van der Waals surface area contributed by atoms with Crippen molar-refractivity contribution in [3.05, 3.63) is 40.9 Å². The molecule has 0 saturated heterocycles. The number of carbonyl (C=O) groups is 2. The van der Waals surface area contributed by atoms with E-state index >= 15 is 0 Å². The molecule has 2 aromatic rings. The number of rotatable bonds is 5. The molecule has 1 aliphatic heterocycles. The Labute approximate surface area is 142 Å². The van der Waals surface area contributed by atoms with Gasteiger partial charge in [0.25, 0.3) is 0 Å². The molecule has 0 saturated carbocycles. The first-order valence-corrected chi connectivity index (χ1v) is 9.16. The average Bonchev–Trinajstić information content (AvgIpc) is 3.14. The quantitative estimate of drug-likeness (QED) is 0.841. The van der Waals surface area contributed by atoms with Crippen LogP contribution in [-0.4, -0.2) is 29.2 Å². The zero-order valence-corrected chi connectivity index (χ0v) is 14.2. The molecule has 7 heteroatoms. The van der Waals surface area contributed by atoms with Crippen molar-refractivity contribution in [2.75, 3.05) is 17.7 Å². The summed E-state index contributed by atoms with van der Waals surface area (Å²) in [5, 5.41) is 5.14. The first kappa shape index (κ1) is 16.0. The molecular weight excluding hydrogens is 332 g/mol. The van der Waals surface area contributed by atoms with Crippen molar-refractivity contribution < 1.29 is 14.3 Å². The number of carbonyl (C=O) groups excluding carboxylic acids is 2. The lowest BCUT2D eigenvalue weighted by atomic mass is 10.0. The summed E-state index contributed by atoms with van der Waals surface area (Å²) in [6.07, 6.45) is 0.127. The van der Waals surface area contributed by atoms with Crippen molar-refractivity contribution in [1.29, 1.82) is 0 Å². The third-order valence-corrected chi connectivity index (χ3v) is 5.42. The van der Waals surface area contributed by atoms with Gasteiger partial charge in [-0.2, -0.15) is 0 Å². The maximum absolute atomic E-state index is 12.5. The van der Waals surface area contributed by atoms with Gasteiger partial charge in [-0.3, -0.25) is 9.59 Å². The van der Waals surface area contributed by atoms with Crippen LogP contribution in [0.1, 0.15) is 24.1 Å². The average molecular weight is 348 g/mol. The second-order valence-electron chi connectivity index (χ2n) is 5.02. The van der Waals surface area contributed by atoms with Crippen molar-refractivity contribution in [2.45, 2.75) is 24.2 Å². The lowest BCUT2D eigenvalue weighted by Gasteiger charge is -2.09. The predicted octanol–water partition coefficient (Wildman–Crippen LogP) is 3.08. The molecule has 1 aromatic heterocycles. The van der Waals surface area contributed by atoms with E-state index in [0.29, 0.717) is 17.4 Å². The van der Waals surface area contributed by atoms with Gasteiger partial charge in [-0.05, 0) is 18.6 Å². The molecule has 0 fully saturated rings. The Morgan fingerprint density at radius 2 is 2.22 bits per heavy atom. The predicted molar refractivity (Wildman–Crippen MR) is 91.0 cm³/mol. The van der Waals surface area contributed by atoms with Crippen LogP contribution in [0.4, 0.5) is 5.13 Å². The summed E-state index contributed by atoms with van der Waals surface area (Å²) in [7, 11) is 0. The Kier molecular flexibility index (Phi) is 4.97. The number of amides is 1. The summed E-state index contributed by atoms with van der Waals surface area (Å²) < 4.78 is 4.89. The minimum absolute atomic E-state index is 0.0560. The van der Waals surface area contributed by atoms with Crippen LogP contribution in [0.25, 0.3) is 0 Å². The number of benzene rings is 1. The SMILES string of the molecule is CCOC(=O)Cc1csc(NC(=O)[C@H]2CSc3ccccc32)n1. The first-order chi connectivity index (χ1) is 11.2. The Hall–Kier alpha value is -1.86. The summed E-state index contributed by atoms with van der Waals surface area (Å²) in [6, 6.07) is 7.96. The normalized spacial score (nSPS) is 16.0. The lowest BCUT2D eigenvalue weighted by molar-refractivity contribution is -0.142. The first-order valence-electron chi connectivity index (χ1n) is 7.30. The highest BCUT2D eigenvalue weighted by Gasteiger charge is 2.29. The molecule has 1 atom stereocenters. The van der Waals surface area contributed by atoms with E-state index in [1.807, 2.05) is 24.3 Å². The second kappa shape index (κ2) is 7.14. The molecule has 0 unspecified atom stereocenters. The fourth-order valence-corrected chi connectivity index (χ4v) is 4.32. The third-order valence-electron chi connectivity index (χ3n) is 3.43. The van der Waals surface area contributed by atoms with Crippen molar-refractivity contribution in [1.82, 2.24) is 4.98 Å². The zero-order chi connectivity index (χ0) is 16.2. The maximum Gasteiger partial charge on any atom is 0.311 e. The smallest absolute Gasteiger partial charge is 0.311 e. The van der Waals surface area contributed by atoms with Gasteiger partial charge in [-0.1, -0.05) is 18.2 Å². The molecule has 5 nitrogen and oxygen atoms in total. The van der Waals surface area contributed by atoms with Crippen molar-refractivity contribution in [3.63, 3.8) is 0 Å². The van der Waals surface area contributed by atoms with Crippen LogP contribution >= 0.6 is 23.1 Å². The van der Waals surface area contributed by atoms with Crippen molar-refractivity contribution in [3.8, 4) is 0 Å². The Bertz CT molecular complexity index is 730. The molecule has 1 amide bonds. The number of ether oxygens (including phenoxy) is 1. The summed E-state index contributed by atoms with van der Waals surface area (Å²) in [5.74, 6) is 0.219. The topological polar surface area (TPSA) is 68.3 Å². The van der Waals surface area contributed by atoms with Gasteiger partial charge in [-0.25, -0.2) is 4.98 Å². The number of anilines is 1. The van der Waals surface area contributed by atoms with Crippen LogP contribution in [0.2, 0.25) is 0 Å². The number of fused-ring (bicyclic) bond motifs is 1. The highest BCUT2D eigenvalue weighted by atomic mass is 32.2. The van der Waals surface area contributed by atoms with E-state index in [1.165, 1.54) is 11.3 Å². The molecular formula is C16H16N2O3S2. The second-order valence-corrected chi connectivity index (χ2v) is 6.94. The van der Waals surface area contributed by atoms with Gasteiger partial charge in [-0.15, -0.1) is 23.1 Å². The summed E-state index contributed by atoms with van der Waals surface area (Å²) in [5.41, 5.74) is 1.68. The molecule has 1 N–H and O–H groups in total. The fourth-order valence-electron chi connectivity index (χ4n) is 2.38. The summed E-state index contributed by atoms with van der Waals surface area (Å²) in [6.45, 7) is 2.12. The van der Waals surface area contributed by atoms with Crippen LogP contribution in [0.5, 0.6) is 0 Å². The minimum Gasteiger partial charge on any atom is -0.466 e. The fraction of sp³-hybridized carbons (Fsp3) is 0.312. The number of thioether (sulfide) groups is 1. The van der Waals surface area contributed by atoms with E-state index in [-0.39, 0.29) is 24.2 Å². The number of hydrogen-bond acceptors (Lipinski definition) is 6. The van der Waals surface area contributed by atoms with Crippen molar-refractivity contribution >= 4 is 40.1 Å². The molecule has 1 aliphatic rings. The molecule has 0 radical (unpaired) electrons. The molecule has 3 rings (SSSR count). The third kappa shape index (κ3) is 3.73. The van der Waals surface area contributed by atoms with Gasteiger partial charge in [0.05, 0.1) is 24.6 Å². The number of hydrogen-bond donors (Lipinski definition) is 1. The van der Waals surface area contributed by atoms with Crippen LogP contribution < -0.4 is 5.32 Å². The minimum atomic E-state index is -0.309. The summed E-state index contributed by atoms with van der Waals surface area (Å²) >= 11 is 3.02. The maximum atomic E-state index is 12.5. The van der Waals surface area contributed by atoms with Crippen LogP contribution in [0.3, 0.4) is 0 Å². The lowest BCUT2D eigenvalue weighted by Crippen LogP contribution is -2.21. The van der Waals surface area contributed by atoms with Crippen LogP contribution in [0, 0.1) is 0 Å². The van der Waals surface area contributed by atoms with E-state index < -0.39 is 0 Å². The van der Waals surface area contributed by atoms with E-state index in [9.17, 15) is 9.59 Å². The van der Waals surface area contributed by atoms with E-state index in [2.05, 4.69) is 10.3 Å². The molecule has 0 spiro atoms. The van der Waals surface area contributed by atoms with Gasteiger partial charge in [0.15, 0.2) is 5.13 Å². The van der Waals surface area contributed by atoms with Gasteiger partial charge < -0.3 is 10.1 Å². The Morgan fingerprint density at radius 3 is 3.04 bits per heavy atom. The van der Waals surface area contributed by atoms with E-state index in [0.717, 1.165) is 16.2 Å². The summed E-state index contributed by atoms with van der Waals surface area (Å²) in [4.78, 5) is 29.3. The molecule has 1 aromatic carbocycles. The standard InChI is InChI=1S/C16H16N2O3S2/c1-2-21-14(19)7-10-8-23-16(17-10)18-15(20)12-9-22-13-6-4-3-5-11(12)13/h3-6,8,12H,2,7,9H2,1H3,(H,17,18,20)/t12-/m0/s1. The van der Waals surface area contributed by atoms with Crippen LogP contribution in [-0.2, 0) is 20.7 Å². The molecule has 23 heavy (non-hydrogen) atoms. The van der Waals surface area contributed by atoms with Gasteiger partial charge in [0.2, 0.25) is 5.91 Å². The van der Waals surface area contributed by atoms with E-state index in [1.54, 1.807) is 24.1 Å². The van der Waals surface area contributed by atoms with Gasteiger partial charge in [0.1, 0.15) is 0 Å².